The van der Waals surface area contributed by atoms with Gasteiger partial charge in [-0.3, -0.25) is 0 Å². The Bertz CT molecular complexity index is 386. The minimum atomic E-state index is -0.0257. The van der Waals surface area contributed by atoms with E-state index in [1.165, 1.54) is 11.1 Å². The number of hydrogen-bond donors (Lipinski definition) is 2. The van der Waals surface area contributed by atoms with Gasteiger partial charge in [0.05, 0.1) is 12.8 Å². The number of ether oxygens (including phenoxy) is 1. The van der Waals surface area contributed by atoms with Crippen LogP contribution in [-0.4, -0.2) is 19.2 Å². The van der Waals surface area contributed by atoms with Gasteiger partial charge in [0, 0.05) is 5.54 Å². The second-order valence-electron chi connectivity index (χ2n) is 5.21. The Morgan fingerprint density at radius 1 is 1.29 bits per heavy atom. The number of nitrogens with two attached hydrogens (primary N) is 1. The van der Waals surface area contributed by atoms with Gasteiger partial charge in [-0.1, -0.05) is 6.07 Å². The van der Waals surface area contributed by atoms with Gasteiger partial charge in [0.25, 0.3) is 0 Å². The van der Waals surface area contributed by atoms with Crippen LogP contribution in [0.15, 0.2) is 12.1 Å². The zero-order chi connectivity index (χ0) is 13.1. The van der Waals surface area contributed by atoms with Gasteiger partial charge in [-0.15, -0.1) is 0 Å². The molecule has 3 heteroatoms. The van der Waals surface area contributed by atoms with Crippen molar-refractivity contribution in [3.05, 3.63) is 23.3 Å². The van der Waals surface area contributed by atoms with Crippen molar-refractivity contribution in [1.29, 1.82) is 0 Å². The van der Waals surface area contributed by atoms with E-state index >= 15 is 0 Å². The van der Waals surface area contributed by atoms with Gasteiger partial charge in [0.15, 0.2) is 0 Å². The van der Waals surface area contributed by atoms with E-state index in [0.29, 0.717) is 6.54 Å². The molecule has 0 unspecified atom stereocenters. The van der Waals surface area contributed by atoms with Crippen molar-refractivity contribution < 1.29 is 4.74 Å². The third-order valence-corrected chi connectivity index (χ3v) is 2.90. The van der Waals surface area contributed by atoms with Gasteiger partial charge < -0.3 is 15.8 Å². The number of aryl methyl sites for hydroxylation is 2. The number of methoxy groups -OCH3 is 1. The monoisotopic (exact) mass is 236 g/mol. The lowest BCUT2D eigenvalue weighted by Crippen LogP contribution is -2.33. The van der Waals surface area contributed by atoms with E-state index in [0.717, 1.165) is 17.9 Å². The Labute approximate surface area is 104 Å². The van der Waals surface area contributed by atoms with E-state index in [1.807, 2.05) is 6.07 Å². The number of benzene rings is 1. The molecule has 0 heterocycles. The molecule has 1 aromatic rings. The summed E-state index contributed by atoms with van der Waals surface area (Å²) in [4.78, 5) is 0. The molecule has 0 saturated carbocycles. The van der Waals surface area contributed by atoms with Gasteiger partial charge >= 0.3 is 0 Å². The molecule has 0 fully saturated rings. The normalized spacial score (nSPS) is 11.4. The molecule has 0 amide bonds. The molecule has 0 spiro atoms. The van der Waals surface area contributed by atoms with Crippen LogP contribution in [0.4, 0.5) is 5.69 Å². The molecule has 0 aliphatic rings. The molecule has 1 aromatic carbocycles. The Morgan fingerprint density at radius 3 is 2.47 bits per heavy atom. The van der Waals surface area contributed by atoms with Crippen LogP contribution in [0.1, 0.15) is 31.4 Å². The lowest BCUT2D eigenvalue weighted by molar-refractivity contribution is 0.413. The second-order valence-corrected chi connectivity index (χ2v) is 5.21. The molecular formula is C14H24N2O. The van der Waals surface area contributed by atoms with Crippen LogP contribution in [0.2, 0.25) is 0 Å². The fraction of sp³-hybridized carbons (Fsp3) is 0.571. The standard InChI is InChI=1S/C14H24N2O/c1-10-8-11(2)13(12(9-10)17-5)16-14(3,4)6-7-15/h8-9,16H,6-7,15H2,1-5H3. The largest absolute Gasteiger partial charge is 0.495 e. The molecular weight excluding hydrogens is 212 g/mol. The average Bonchev–Trinajstić information content (AvgIpc) is 2.21. The van der Waals surface area contributed by atoms with Crippen molar-refractivity contribution >= 4 is 5.69 Å². The summed E-state index contributed by atoms with van der Waals surface area (Å²) < 4.78 is 5.44. The van der Waals surface area contributed by atoms with E-state index in [4.69, 9.17) is 10.5 Å². The van der Waals surface area contributed by atoms with Crippen LogP contribution in [0.5, 0.6) is 5.75 Å². The summed E-state index contributed by atoms with van der Waals surface area (Å²) in [6.07, 6.45) is 0.920. The minimum Gasteiger partial charge on any atom is -0.495 e. The fourth-order valence-corrected chi connectivity index (χ4v) is 2.01. The lowest BCUT2D eigenvalue weighted by atomic mass is 9.98. The first kappa shape index (κ1) is 13.8. The molecule has 0 aliphatic heterocycles. The molecule has 0 bridgehead atoms. The van der Waals surface area contributed by atoms with Crippen LogP contribution in [0.3, 0.4) is 0 Å². The van der Waals surface area contributed by atoms with E-state index in [2.05, 4.69) is 39.1 Å². The molecule has 0 atom stereocenters. The van der Waals surface area contributed by atoms with Crippen molar-refractivity contribution in [3.8, 4) is 5.75 Å². The molecule has 96 valence electrons. The summed E-state index contributed by atoms with van der Waals surface area (Å²) in [7, 11) is 1.70. The first-order chi connectivity index (χ1) is 7.89. The molecule has 3 N–H and O–H groups in total. The van der Waals surface area contributed by atoms with Gasteiger partial charge in [-0.2, -0.15) is 0 Å². The summed E-state index contributed by atoms with van der Waals surface area (Å²) in [5, 5.41) is 3.53. The molecule has 0 saturated heterocycles. The van der Waals surface area contributed by atoms with E-state index in [1.54, 1.807) is 7.11 Å². The van der Waals surface area contributed by atoms with Gasteiger partial charge in [0.2, 0.25) is 0 Å². The third-order valence-electron chi connectivity index (χ3n) is 2.90. The van der Waals surface area contributed by atoms with Crippen molar-refractivity contribution in [3.63, 3.8) is 0 Å². The highest BCUT2D eigenvalue weighted by molar-refractivity contribution is 5.64. The van der Waals surface area contributed by atoms with E-state index in [-0.39, 0.29) is 5.54 Å². The Kier molecular flexibility index (Phi) is 4.40. The number of hydrogen-bond acceptors (Lipinski definition) is 3. The van der Waals surface area contributed by atoms with Crippen LogP contribution < -0.4 is 15.8 Å². The Balaban J connectivity index is 3.05. The van der Waals surface area contributed by atoms with Gasteiger partial charge in [-0.05, 0) is 57.9 Å². The molecule has 1 rings (SSSR count). The Morgan fingerprint density at radius 2 is 1.94 bits per heavy atom. The summed E-state index contributed by atoms with van der Waals surface area (Å²) in [5.74, 6) is 0.896. The maximum absolute atomic E-state index is 5.63. The SMILES string of the molecule is COc1cc(C)cc(C)c1NC(C)(C)CCN. The highest BCUT2D eigenvalue weighted by atomic mass is 16.5. The zero-order valence-corrected chi connectivity index (χ0v) is 11.6. The quantitative estimate of drug-likeness (QED) is 0.826. The first-order valence-electron chi connectivity index (χ1n) is 6.03. The first-order valence-corrected chi connectivity index (χ1v) is 6.03. The summed E-state index contributed by atoms with van der Waals surface area (Å²) in [6, 6.07) is 4.21. The van der Waals surface area contributed by atoms with Gasteiger partial charge in [-0.25, -0.2) is 0 Å². The lowest BCUT2D eigenvalue weighted by Gasteiger charge is -2.29. The minimum absolute atomic E-state index is 0.0257. The zero-order valence-electron chi connectivity index (χ0n) is 11.6. The van der Waals surface area contributed by atoms with Crippen LogP contribution in [-0.2, 0) is 0 Å². The highest BCUT2D eigenvalue weighted by Gasteiger charge is 2.19. The summed E-state index contributed by atoms with van der Waals surface area (Å²) in [5.41, 5.74) is 9.08. The number of rotatable bonds is 5. The van der Waals surface area contributed by atoms with E-state index < -0.39 is 0 Å². The summed E-state index contributed by atoms with van der Waals surface area (Å²) >= 11 is 0. The van der Waals surface area contributed by atoms with E-state index in [9.17, 15) is 0 Å². The van der Waals surface area contributed by atoms with Crippen LogP contribution in [0.25, 0.3) is 0 Å². The highest BCUT2D eigenvalue weighted by Crippen LogP contribution is 2.32. The number of anilines is 1. The third kappa shape index (κ3) is 3.63. The predicted molar refractivity (Wildman–Crippen MR) is 73.8 cm³/mol. The van der Waals surface area contributed by atoms with Crippen LogP contribution >= 0.6 is 0 Å². The van der Waals surface area contributed by atoms with Gasteiger partial charge in [0.1, 0.15) is 5.75 Å². The van der Waals surface area contributed by atoms with Crippen molar-refractivity contribution in [2.24, 2.45) is 5.73 Å². The van der Waals surface area contributed by atoms with Crippen molar-refractivity contribution in [2.45, 2.75) is 39.7 Å². The molecule has 17 heavy (non-hydrogen) atoms. The molecule has 0 radical (unpaired) electrons. The molecule has 3 nitrogen and oxygen atoms in total. The average molecular weight is 236 g/mol. The maximum atomic E-state index is 5.63. The molecule has 0 aliphatic carbocycles. The van der Waals surface area contributed by atoms with Crippen molar-refractivity contribution in [2.75, 3.05) is 19.0 Å². The predicted octanol–water partition coefficient (Wildman–Crippen LogP) is 2.85. The van der Waals surface area contributed by atoms with Crippen LogP contribution in [0, 0.1) is 13.8 Å². The molecule has 0 aromatic heterocycles. The second kappa shape index (κ2) is 5.41. The van der Waals surface area contributed by atoms with Crippen molar-refractivity contribution in [1.82, 2.24) is 0 Å². The summed E-state index contributed by atoms with van der Waals surface area (Å²) in [6.45, 7) is 9.14. The fourth-order valence-electron chi connectivity index (χ4n) is 2.01. The topological polar surface area (TPSA) is 47.3 Å². The number of nitrogens with one attached hydrogen (secondary N) is 1. The maximum Gasteiger partial charge on any atom is 0.142 e. The smallest absolute Gasteiger partial charge is 0.142 e. The Hall–Kier alpha value is -1.22.